The van der Waals surface area contributed by atoms with Crippen molar-refractivity contribution in [1.82, 2.24) is 19.4 Å². The Kier molecular flexibility index (Phi) is 8.15. The molecule has 4 heterocycles. The first-order valence-corrected chi connectivity index (χ1v) is 14.9. The lowest BCUT2D eigenvalue weighted by Gasteiger charge is -2.47. The van der Waals surface area contributed by atoms with Crippen LogP contribution in [0, 0.1) is 19.7 Å². The predicted octanol–water partition coefficient (Wildman–Crippen LogP) is 7.16. The number of pyridine rings is 2. The third-order valence-electron chi connectivity index (χ3n) is 8.42. The number of aromatic nitrogens is 3. The Morgan fingerprint density at radius 1 is 0.978 bits per heavy atom. The van der Waals surface area contributed by atoms with Crippen molar-refractivity contribution < 1.29 is 31.9 Å². The van der Waals surface area contributed by atoms with Gasteiger partial charge in [0, 0.05) is 42.3 Å². The van der Waals surface area contributed by atoms with E-state index in [1.54, 1.807) is 30.2 Å². The molecule has 0 N–H and O–H groups in total. The minimum Gasteiger partial charge on any atom is -0.465 e. The first kappa shape index (κ1) is 32.9. The Labute approximate surface area is 265 Å². The second kappa shape index (κ2) is 11.4. The standard InChI is InChI=1S/C34H37F4N5O3/c1-19-15-27(39-20(2)28(19)31(45)46-8)41-13-14-42(33(6,7)18-41)30(44)26-12-10-22-23(17-43(29(22)40-26)32(3,4)5)21-9-11-24(25(35)16-21)34(36,37)38/h9-12,15-17H,13-14,18H2,1-8H3. The first-order chi connectivity index (χ1) is 21.3. The largest absolute Gasteiger partial charge is 0.465 e. The number of carbonyl (C=O) groups is 2. The zero-order chi connectivity index (χ0) is 33.9. The van der Waals surface area contributed by atoms with E-state index >= 15 is 0 Å². The Morgan fingerprint density at radius 3 is 2.24 bits per heavy atom. The van der Waals surface area contributed by atoms with E-state index in [0.29, 0.717) is 53.3 Å². The van der Waals surface area contributed by atoms with Gasteiger partial charge in [-0.15, -0.1) is 0 Å². The maximum Gasteiger partial charge on any atom is 0.419 e. The Bertz CT molecular complexity index is 1830. The number of amides is 1. The molecule has 0 saturated carbocycles. The number of hydrogen-bond acceptors (Lipinski definition) is 6. The van der Waals surface area contributed by atoms with Crippen LogP contribution in [0.4, 0.5) is 23.4 Å². The number of carbonyl (C=O) groups excluding carboxylic acids is 2. The number of fused-ring (bicyclic) bond motifs is 1. The van der Waals surface area contributed by atoms with Gasteiger partial charge in [0.15, 0.2) is 0 Å². The Hall–Kier alpha value is -4.48. The minimum absolute atomic E-state index is 0.218. The van der Waals surface area contributed by atoms with Gasteiger partial charge in [0.1, 0.15) is 23.0 Å². The maximum absolute atomic E-state index is 14.5. The smallest absolute Gasteiger partial charge is 0.419 e. The molecule has 0 spiro atoms. The molecule has 5 rings (SSSR count). The topological polar surface area (TPSA) is 80.6 Å². The lowest BCUT2D eigenvalue weighted by Crippen LogP contribution is -2.61. The van der Waals surface area contributed by atoms with Crippen LogP contribution >= 0.6 is 0 Å². The number of piperazine rings is 1. The summed E-state index contributed by atoms with van der Waals surface area (Å²) in [6.07, 6.45) is -3.07. The molecule has 8 nitrogen and oxygen atoms in total. The molecule has 0 bridgehead atoms. The van der Waals surface area contributed by atoms with Gasteiger partial charge in [-0.25, -0.2) is 19.2 Å². The molecule has 1 aliphatic heterocycles. The minimum atomic E-state index is -4.80. The molecular weight excluding hydrogens is 602 g/mol. The Balaban J connectivity index is 1.47. The van der Waals surface area contributed by atoms with E-state index in [-0.39, 0.29) is 17.2 Å². The van der Waals surface area contributed by atoms with E-state index in [0.717, 1.165) is 17.7 Å². The van der Waals surface area contributed by atoms with Crippen molar-refractivity contribution in [3.8, 4) is 11.1 Å². The predicted molar refractivity (Wildman–Crippen MR) is 168 cm³/mol. The van der Waals surface area contributed by atoms with Crippen LogP contribution in [0.5, 0.6) is 0 Å². The number of alkyl halides is 3. The molecular formula is C34H37F4N5O3. The van der Waals surface area contributed by atoms with Crippen molar-refractivity contribution in [2.24, 2.45) is 0 Å². The summed E-state index contributed by atoms with van der Waals surface area (Å²) in [5.41, 5.74) is 0.764. The second-order valence-corrected chi connectivity index (χ2v) is 13.3. The number of halogens is 4. The van der Waals surface area contributed by atoms with Gasteiger partial charge in [-0.1, -0.05) is 6.07 Å². The summed E-state index contributed by atoms with van der Waals surface area (Å²) in [5.74, 6) is -1.36. The molecule has 1 fully saturated rings. The van der Waals surface area contributed by atoms with Crippen molar-refractivity contribution in [2.75, 3.05) is 31.6 Å². The van der Waals surface area contributed by atoms with Crippen molar-refractivity contribution >= 4 is 28.7 Å². The second-order valence-electron chi connectivity index (χ2n) is 13.3. The van der Waals surface area contributed by atoms with E-state index in [2.05, 4.69) is 9.88 Å². The normalized spacial score (nSPS) is 15.4. The van der Waals surface area contributed by atoms with Gasteiger partial charge in [-0.2, -0.15) is 13.2 Å². The highest BCUT2D eigenvalue weighted by Crippen LogP contribution is 2.38. The molecule has 12 heteroatoms. The average Bonchev–Trinajstić information content (AvgIpc) is 3.34. The number of aryl methyl sites for hydroxylation is 2. The first-order valence-electron chi connectivity index (χ1n) is 14.9. The molecule has 1 amide bonds. The monoisotopic (exact) mass is 639 g/mol. The van der Waals surface area contributed by atoms with Crippen molar-refractivity contribution in [2.45, 2.75) is 65.7 Å². The van der Waals surface area contributed by atoms with Crippen LogP contribution in [0.25, 0.3) is 22.2 Å². The molecule has 244 valence electrons. The molecule has 0 radical (unpaired) electrons. The number of methoxy groups -OCH3 is 1. The number of rotatable bonds is 4. The van der Waals surface area contributed by atoms with Crippen LogP contribution in [0.2, 0.25) is 0 Å². The van der Waals surface area contributed by atoms with Crippen LogP contribution in [-0.4, -0.2) is 63.6 Å². The Morgan fingerprint density at radius 2 is 1.67 bits per heavy atom. The number of benzene rings is 1. The zero-order valence-electron chi connectivity index (χ0n) is 27.1. The summed E-state index contributed by atoms with van der Waals surface area (Å²) in [6.45, 7) is 14.7. The third kappa shape index (κ3) is 5.92. The van der Waals surface area contributed by atoms with Crippen molar-refractivity contribution in [3.05, 3.63) is 76.5 Å². The highest BCUT2D eigenvalue weighted by molar-refractivity contribution is 5.99. The highest BCUT2D eigenvalue weighted by Gasteiger charge is 2.39. The lowest BCUT2D eigenvalue weighted by molar-refractivity contribution is -0.140. The number of esters is 1. The van der Waals surface area contributed by atoms with E-state index in [1.807, 2.05) is 52.2 Å². The zero-order valence-corrected chi connectivity index (χ0v) is 27.1. The van der Waals surface area contributed by atoms with E-state index in [1.165, 1.54) is 13.2 Å². The van der Waals surface area contributed by atoms with Crippen LogP contribution in [0.1, 0.15) is 72.3 Å². The molecule has 0 unspecified atom stereocenters. The van der Waals surface area contributed by atoms with Gasteiger partial charge >= 0.3 is 12.1 Å². The summed E-state index contributed by atoms with van der Waals surface area (Å²) < 4.78 is 60.9. The quantitative estimate of drug-likeness (QED) is 0.174. The van der Waals surface area contributed by atoms with Crippen LogP contribution < -0.4 is 4.90 Å². The van der Waals surface area contributed by atoms with E-state index in [9.17, 15) is 27.2 Å². The van der Waals surface area contributed by atoms with E-state index in [4.69, 9.17) is 9.72 Å². The van der Waals surface area contributed by atoms with Gasteiger partial charge in [0.25, 0.3) is 5.91 Å². The van der Waals surface area contributed by atoms with Gasteiger partial charge < -0.3 is 19.1 Å². The molecule has 0 atom stereocenters. The molecule has 1 saturated heterocycles. The molecule has 0 aliphatic carbocycles. The van der Waals surface area contributed by atoms with Gasteiger partial charge in [0.2, 0.25) is 0 Å². The van der Waals surface area contributed by atoms with E-state index < -0.39 is 34.6 Å². The summed E-state index contributed by atoms with van der Waals surface area (Å²) in [5, 5.41) is 0.585. The average molecular weight is 640 g/mol. The fourth-order valence-electron chi connectivity index (χ4n) is 6.12. The summed E-state index contributed by atoms with van der Waals surface area (Å²) in [7, 11) is 1.33. The van der Waals surface area contributed by atoms with Crippen LogP contribution in [0.3, 0.4) is 0 Å². The van der Waals surface area contributed by atoms with Gasteiger partial charge in [-0.05, 0) is 89.9 Å². The van der Waals surface area contributed by atoms with Crippen LogP contribution in [-0.2, 0) is 16.5 Å². The maximum atomic E-state index is 14.5. The number of ether oxygens (including phenoxy) is 1. The lowest BCUT2D eigenvalue weighted by atomic mass is 9.97. The summed E-state index contributed by atoms with van der Waals surface area (Å²) >= 11 is 0. The highest BCUT2D eigenvalue weighted by atomic mass is 19.4. The number of hydrogen-bond donors (Lipinski definition) is 0. The number of anilines is 1. The van der Waals surface area contributed by atoms with Crippen molar-refractivity contribution in [3.63, 3.8) is 0 Å². The molecule has 4 aromatic rings. The fourth-order valence-corrected chi connectivity index (χ4v) is 6.12. The molecule has 3 aromatic heterocycles. The van der Waals surface area contributed by atoms with Crippen molar-refractivity contribution in [1.29, 1.82) is 0 Å². The van der Waals surface area contributed by atoms with Gasteiger partial charge in [0.05, 0.1) is 29.5 Å². The molecule has 46 heavy (non-hydrogen) atoms. The summed E-state index contributed by atoms with van der Waals surface area (Å²) in [4.78, 5) is 39.5. The third-order valence-corrected chi connectivity index (χ3v) is 8.42. The summed E-state index contributed by atoms with van der Waals surface area (Å²) in [6, 6.07) is 8.03. The molecule has 1 aliphatic rings. The fraction of sp³-hybridized carbons (Fsp3) is 0.412. The van der Waals surface area contributed by atoms with Crippen LogP contribution in [0.15, 0.2) is 42.6 Å². The SMILES string of the molecule is COC(=O)c1c(C)cc(N2CCN(C(=O)c3ccc4c(-c5ccc(C(F)(F)F)c(F)c5)cn(C(C)(C)C)c4n3)C(C)(C)C2)nc1C. The van der Waals surface area contributed by atoms with Gasteiger partial charge in [-0.3, -0.25) is 4.79 Å². The number of nitrogens with zero attached hydrogens (tertiary/aromatic N) is 5. The molecule has 1 aromatic carbocycles.